The van der Waals surface area contributed by atoms with E-state index in [1.54, 1.807) is 0 Å². The van der Waals surface area contributed by atoms with Gasteiger partial charge < -0.3 is 20.1 Å². The Labute approximate surface area is 148 Å². The van der Waals surface area contributed by atoms with Crippen molar-refractivity contribution >= 4 is 11.7 Å². The Morgan fingerprint density at radius 1 is 1.32 bits per heavy atom. The summed E-state index contributed by atoms with van der Waals surface area (Å²) in [4.78, 5) is 12.3. The molecule has 6 nitrogen and oxygen atoms in total. The number of carbonyl (C=O) groups is 1. The van der Waals surface area contributed by atoms with Gasteiger partial charge in [0.2, 0.25) is 0 Å². The summed E-state index contributed by atoms with van der Waals surface area (Å²) < 4.78 is 11.3. The lowest BCUT2D eigenvalue weighted by atomic mass is 9.86. The molecular weight excluding hydrogens is 318 g/mol. The molecule has 2 N–H and O–H groups in total. The van der Waals surface area contributed by atoms with Gasteiger partial charge in [0.1, 0.15) is 0 Å². The summed E-state index contributed by atoms with van der Waals surface area (Å²) in [5, 5.41) is 15.1. The van der Waals surface area contributed by atoms with Crippen LogP contribution < -0.4 is 10.6 Å². The number of carbonyl (C=O) groups excluding carboxylic acids is 1. The van der Waals surface area contributed by atoms with Gasteiger partial charge >= 0.3 is 6.03 Å². The van der Waals surface area contributed by atoms with Crippen LogP contribution in [-0.2, 0) is 14.9 Å². The molecule has 0 aromatic heterocycles. The van der Waals surface area contributed by atoms with Crippen molar-refractivity contribution in [2.24, 2.45) is 0 Å². The number of anilines is 1. The molecule has 0 saturated carbocycles. The molecular formula is C19H25N3O3. The van der Waals surface area contributed by atoms with Crippen LogP contribution >= 0.6 is 0 Å². The molecule has 2 saturated heterocycles. The Bertz CT molecular complexity index is 657. The Balaban J connectivity index is 1.55. The standard InChI is InChI=1S/C19H25N3O3/c1-18(2,12-20)14-3-5-15(6-4-14)21-17(23)22-16-7-9-25-19(11-16)8-10-24-13-19/h3-6,16H,7-11,13H2,1-2H3,(H2,21,22,23)/t16-,19-/m0/s1. The number of nitriles is 1. The lowest BCUT2D eigenvalue weighted by Crippen LogP contribution is -2.49. The van der Waals surface area contributed by atoms with Crippen LogP contribution in [0.25, 0.3) is 0 Å². The van der Waals surface area contributed by atoms with Crippen LogP contribution in [-0.4, -0.2) is 37.5 Å². The van der Waals surface area contributed by atoms with Crippen LogP contribution in [0.1, 0.15) is 38.7 Å². The van der Waals surface area contributed by atoms with Gasteiger partial charge in [0.15, 0.2) is 0 Å². The van der Waals surface area contributed by atoms with Gasteiger partial charge in [0.05, 0.1) is 23.7 Å². The predicted octanol–water partition coefficient (Wildman–Crippen LogP) is 2.95. The van der Waals surface area contributed by atoms with Gasteiger partial charge in [0.25, 0.3) is 0 Å². The van der Waals surface area contributed by atoms with Crippen molar-refractivity contribution in [2.75, 3.05) is 25.1 Å². The Morgan fingerprint density at radius 2 is 2.08 bits per heavy atom. The van der Waals surface area contributed by atoms with E-state index >= 15 is 0 Å². The van der Waals surface area contributed by atoms with E-state index in [2.05, 4.69) is 16.7 Å². The summed E-state index contributed by atoms with van der Waals surface area (Å²) >= 11 is 0. The molecule has 2 amide bonds. The molecule has 0 radical (unpaired) electrons. The Morgan fingerprint density at radius 3 is 2.72 bits per heavy atom. The van der Waals surface area contributed by atoms with Crippen molar-refractivity contribution in [3.8, 4) is 6.07 Å². The van der Waals surface area contributed by atoms with E-state index in [1.807, 2.05) is 38.1 Å². The van der Waals surface area contributed by atoms with E-state index in [4.69, 9.17) is 9.47 Å². The fourth-order valence-electron chi connectivity index (χ4n) is 3.40. The number of amides is 2. The molecule has 2 atom stereocenters. The highest BCUT2D eigenvalue weighted by molar-refractivity contribution is 5.89. The van der Waals surface area contributed by atoms with E-state index < -0.39 is 5.41 Å². The minimum atomic E-state index is -0.541. The molecule has 25 heavy (non-hydrogen) atoms. The average Bonchev–Trinajstić information content (AvgIpc) is 3.03. The van der Waals surface area contributed by atoms with Crippen molar-refractivity contribution in [3.63, 3.8) is 0 Å². The maximum absolute atomic E-state index is 12.3. The van der Waals surface area contributed by atoms with E-state index in [0.29, 0.717) is 18.9 Å². The highest BCUT2D eigenvalue weighted by atomic mass is 16.6. The smallest absolute Gasteiger partial charge is 0.319 e. The summed E-state index contributed by atoms with van der Waals surface area (Å²) in [5.74, 6) is 0. The molecule has 2 aliphatic rings. The average molecular weight is 343 g/mol. The zero-order valence-electron chi connectivity index (χ0n) is 14.8. The van der Waals surface area contributed by atoms with Crippen LogP contribution in [0.3, 0.4) is 0 Å². The molecule has 2 aliphatic heterocycles. The molecule has 2 fully saturated rings. The number of ether oxygens (including phenoxy) is 2. The van der Waals surface area contributed by atoms with Crippen molar-refractivity contribution in [3.05, 3.63) is 29.8 Å². The van der Waals surface area contributed by atoms with Gasteiger partial charge in [-0.1, -0.05) is 12.1 Å². The molecule has 1 aromatic carbocycles. The van der Waals surface area contributed by atoms with E-state index in [-0.39, 0.29) is 17.7 Å². The number of nitrogens with zero attached hydrogens (tertiary/aromatic N) is 1. The molecule has 0 unspecified atom stereocenters. The molecule has 0 aliphatic carbocycles. The summed E-state index contributed by atoms with van der Waals surface area (Å²) in [7, 11) is 0. The fraction of sp³-hybridized carbons (Fsp3) is 0.579. The maximum Gasteiger partial charge on any atom is 0.319 e. The largest absolute Gasteiger partial charge is 0.378 e. The molecule has 134 valence electrons. The first-order chi connectivity index (χ1) is 11.9. The fourth-order valence-corrected chi connectivity index (χ4v) is 3.40. The minimum Gasteiger partial charge on any atom is -0.378 e. The van der Waals surface area contributed by atoms with Gasteiger partial charge in [-0.15, -0.1) is 0 Å². The normalized spacial score (nSPS) is 26.2. The van der Waals surface area contributed by atoms with E-state index in [1.165, 1.54) is 0 Å². The highest BCUT2D eigenvalue weighted by Crippen LogP contribution is 2.32. The number of nitrogens with one attached hydrogen (secondary N) is 2. The summed E-state index contributed by atoms with van der Waals surface area (Å²) in [5.41, 5.74) is 0.871. The van der Waals surface area contributed by atoms with Gasteiger partial charge in [-0.3, -0.25) is 0 Å². The number of hydrogen-bond donors (Lipinski definition) is 2. The first-order valence-corrected chi connectivity index (χ1v) is 8.74. The first kappa shape index (κ1) is 17.7. The summed E-state index contributed by atoms with van der Waals surface area (Å²) in [6.07, 6.45) is 2.49. The zero-order chi connectivity index (χ0) is 17.9. The molecule has 2 heterocycles. The van der Waals surface area contributed by atoms with Gasteiger partial charge in [-0.25, -0.2) is 4.79 Å². The third kappa shape index (κ3) is 4.12. The van der Waals surface area contributed by atoms with Gasteiger partial charge in [-0.05, 0) is 44.4 Å². The minimum absolute atomic E-state index is 0.0900. The third-order valence-corrected chi connectivity index (χ3v) is 5.04. The topological polar surface area (TPSA) is 83.4 Å². The van der Waals surface area contributed by atoms with Crippen LogP contribution in [0.2, 0.25) is 0 Å². The monoisotopic (exact) mass is 343 g/mol. The van der Waals surface area contributed by atoms with Crippen molar-refractivity contribution in [2.45, 2.75) is 50.2 Å². The Hall–Kier alpha value is -2.10. The summed E-state index contributed by atoms with van der Waals surface area (Å²) in [6, 6.07) is 9.54. The SMILES string of the molecule is CC(C)(C#N)c1ccc(NC(=O)N[C@H]2CCO[C@@]3(CCOC3)C2)cc1. The number of benzene rings is 1. The summed E-state index contributed by atoms with van der Waals surface area (Å²) in [6.45, 7) is 5.73. The van der Waals surface area contributed by atoms with E-state index in [9.17, 15) is 10.1 Å². The predicted molar refractivity (Wildman–Crippen MR) is 94.4 cm³/mol. The lowest BCUT2D eigenvalue weighted by molar-refractivity contribution is -0.0877. The van der Waals surface area contributed by atoms with Crippen LogP contribution in [0.15, 0.2) is 24.3 Å². The second-order valence-electron chi connectivity index (χ2n) is 7.44. The van der Waals surface area contributed by atoms with Gasteiger partial charge in [-0.2, -0.15) is 5.26 Å². The van der Waals surface area contributed by atoms with Crippen LogP contribution in [0.5, 0.6) is 0 Å². The third-order valence-electron chi connectivity index (χ3n) is 5.04. The van der Waals surface area contributed by atoms with E-state index in [0.717, 1.165) is 31.4 Å². The number of hydrogen-bond acceptors (Lipinski definition) is 4. The molecule has 1 aromatic rings. The molecule has 0 bridgehead atoms. The second-order valence-corrected chi connectivity index (χ2v) is 7.44. The molecule has 6 heteroatoms. The lowest BCUT2D eigenvalue weighted by Gasteiger charge is -2.37. The second kappa shape index (κ2) is 7.03. The molecule has 1 spiro atoms. The first-order valence-electron chi connectivity index (χ1n) is 8.74. The maximum atomic E-state index is 12.3. The van der Waals surface area contributed by atoms with Crippen molar-refractivity contribution in [1.29, 1.82) is 5.26 Å². The van der Waals surface area contributed by atoms with Crippen LogP contribution in [0, 0.1) is 11.3 Å². The number of rotatable bonds is 3. The quantitative estimate of drug-likeness (QED) is 0.884. The van der Waals surface area contributed by atoms with Crippen LogP contribution in [0.4, 0.5) is 10.5 Å². The highest BCUT2D eigenvalue weighted by Gasteiger charge is 2.41. The van der Waals surface area contributed by atoms with Crippen molar-refractivity contribution in [1.82, 2.24) is 5.32 Å². The molecule has 3 rings (SSSR count). The Kier molecular flexibility index (Phi) is 4.98. The van der Waals surface area contributed by atoms with Crippen molar-refractivity contribution < 1.29 is 14.3 Å². The number of urea groups is 1. The zero-order valence-corrected chi connectivity index (χ0v) is 14.8. The van der Waals surface area contributed by atoms with Gasteiger partial charge in [0, 0.05) is 31.4 Å².